The van der Waals surface area contributed by atoms with Crippen molar-refractivity contribution in [2.45, 2.75) is 13.1 Å². The van der Waals surface area contributed by atoms with Crippen LogP contribution in [0.15, 0.2) is 40.9 Å². The molecule has 2 aromatic rings. The zero-order chi connectivity index (χ0) is 14.9. The normalized spacial score (nSPS) is 11.4. The number of aryl methyl sites for hydroxylation is 1. The van der Waals surface area contributed by atoms with Crippen LogP contribution < -0.4 is 10.5 Å². The molecule has 0 radical (unpaired) electrons. The third kappa shape index (κ3) is 3.25. The van der Waals surface area contributed by atoms with Crippen LogP contribution in [0.1, 0.15) is 11.1 Å². The Morgan fingerprint density at radius 3 is 2.40 bits per heavy atom. The molecule has 0 fully saturated rings. The third-order valence-corrected chi connectivity index (χ3v) is 3.13. The average molecular weight is 346 g/mol. The topological polar surface area (TPSA) is 35.2 Å². The van der Waals surface area contributed by atoms with Crippen molar-refractivity contribution in [3.05, 3.63) is 52.0 Å². The fraction of sp³-hybridized carbons (Fsp3) is 0.143. The van der Waals surface area contributed by atoms with Gasteiger partial charge in [-0.3, -0.25) is 0 Å². The largest absolute Gasteiger partial charge is 0.455 e. The van der Waals surface area contributed by atoms with Crippen molar-refractivity contribution in [3.63, 3.8) is 0 Å². The van der Waals surface area contributed by atoms with Gasteiger partial charge in [-0.25, -0.2) is 0 Å². The summed E-state index contributed by atoms with van der Waals surface area (Å²) in [4.78, 5) is 0. The van der Waals surface area contributed by atoms with Gasteiger partial charge in [-0.1, -0.05) is 22.0 Å². The number of rotatable bonds is 2. The number of hydrogen-bond donors (Lipinski definition) is 1. The van der Waals surface area contributed by atoms with Crippen LogP contribution in [-0.4, -0.2) is 0 Å². The Kier molecular flexibility index (Phi) is 3.94. The quantitative estimate of drug-likeness (QED) is 0.763. The highest BCUT2D eigenvalue weighted by Crippen LogP contribution is 2.40. The minimum Gasteiger partial charge on any atom is -0.455 e. The molecular weight excluding hydrogens is 335 g/mol. The molecule has 2 N–H and O–H groups in total. The number of nitrogen functional groups attached to an aromatic ring is 1. The van der Waals surface area contributed by atoms with Gasteiger partial charge < -0.3 is 10.5 Å². The van der Waals surface area contributed by atoms with Crippen molar-refractivity contribution in [1.29, 1.82) is 0 Å². The number of nitrogens with two attached hydrogens (primary N) is 1. The Morgan fingerprint density at radius 2 is 1.75 bits per heavy atom. The van der Waals surface area contributed by atoms with E-state index in [-0.39, 0.29) is 17.2 Å². The molecule has 2 aromatic carbocycles. The van der Waals surface area contributed by atoms with Gasteiger partial charge in [0.15, 0.2) is 5.75 Å². The highest BCUT2D eigenvalue weighted by Gasteiger charge is 2.34. The minimum absolute atomic E-state index is 0.202. The predicted octanol–water partition coefficient (Wildman–Crippen LogP) is 5.15. The molecule has 0 amide bonds. The van der Waals surface area contributed by atoms with Gasteiger partial charge in [-0.2, -0.15) is 13.2 Å². The number of halogens is 4. The Labute approximate surface area is 122 Å². The van der Waals surface area contributed by atoms with Gasteiger partial charge >= 0.3 is 6.18 Å². The molecule has 6 heteroatoms. The highest BCUT2D eigenvalue weighted by molar-refractivity contribution is 9.10. The van der Waals surface area contributed by atoms with Gasteiger partial charge in [0.05, 0.1) is 11.3 Å². The Balaban J connectivity index is 2.47. The summed E-state index contributed by atoms with van der Waals surface area (Å²) in [6, 6.07) is 8.49. The van der Waals surface area contributed by atoms with Crippen LogP contribution in [0.25, 0.3) is 0 Å². The molecule has 0 heterocycles. The number of hydrogen-bond acceptors (Lipinski definition) is 2. The van der Waals surface area contributed by atoms with Crippen LogP contribution in [0.5, 0.6) is 11.5 Å². The van der Waals surface area contributed by atoms with Gasteiger partial charge in [0.2, 0.25) is 0 Å². The molecule has 0 atom stereocenters. The molecule has 0 aliphatic rings. The summed E-state index contributed by atoms with van der Waals surface area (Å²) in [7, 11) is 0. The van der Waals surface area contributed by atoms with Gasteiger partial charge in [-0.05, 0) is 42.8 Å². The maximum Gasteiger partial charge on any atom is 0.419 e. The molecule has 0 aliphatic carbocycles. The van der Waals surface area contributed by atoms with E-state index in [9.17, 15) is 13.2 Å². The molecule has 2 nitrogen and oxygen atoms in total. The van der Waals surface area contributed by atoms with E-state index in [2.05, 4.69) is 15.9 Å². The Morgan fingerprint density at radius 1 is 1.05 bits per heavy atom. The lowest BCUT2D eigenvalue weighted by molar-refractivity contribution is -0.138. The molecule has 106 valence electrons. The van der Waals surface area contributed by atoms with E-state index in [1.54, 1.807) is 25.1 Å². The molecule has 0 unspecified atom stereocenters. The van der Waals surface area contributed by atoms with E-state index in [0.29, 0.717) is 4.47 Å². The predicted molar refractivity (Wildman–Crippen MR) is 74.8 cm³/mol. The van der Waals surface area contributed by atoms with Crippen molar-refractivity contribution >= 4 is 21.6 Å². The standard InChI is InChI=1S/C14H11BrF3NO/c1-8-2-5-11(19)13(6-8)20-12-7-9(15)3-4-10(12)14(16,17)18/h2-7H,19H2,1H3. The molecule has 0 spiro atoms. The molecule has 0 bridgehead atoms. The first-order valence-corrected chi connectivity index (χ1v) is 6.47. The first-order chi connectivity index (χ1) is 9.27. The van der Waals surface area contributed by atoms with Crippen LogP contribution in [0, 0.1) is 6.92 Å². The van der Waals surface area contributed by atoms with Gasteiger partial charge in [0.25, 0.3) is 0 Å². The van der Waals surface area contributed by atoms with Crippen molar-refractivity contribution < 1.29 is 17.9 Å². The first kappa shape index (κ1) is 14.7. The van der Waals surface area contributed by atoms with Crippen LogP contribution in [0.4, 0.5) is 18.9 Å². The zero-order valence-electron chi connectivity index (χ0n) is 10.5. The van der Waals surface area contributed by atoms with Crippen LogP contribution in [0.3, 0.4) is 0 Å². The SMILES string of the molecule is Cc1ccc(N)c(Oc2cc(Br)ccc2C(F)(F)F)c1. The molecule has 0 aliphatic heterocycles. The van der Waals surface area contributed by atoms with Crippen molar-refractivity contribution in [1.82, 2.24) is 0 Å². The van der Waals surface area contributed by atoms with Gasteiger partial charge in [-0.15, -0.1) is 0 Å². The zero-order valence-corrected chi connectivity index (χ0v) is 12.0. The van der Waals surface area contributed by atoms with Crippen LogP contribution >= 0.6 is 15.9 Å². The third-order valence-electron chi connectivity index (χ3n) is 2.64. The maximum absolute atomic E-state index is 12.9. The lowest BCUT2D eigenvalue weighted by atomic mass is 10.2. The summed E-state index contributed by atoms with van der Waals surface area (Å²) in [6.45, 7) is 1.80. The monoisotopic (exact) mass is 345 g/mol. The average Bonchev–Trinajstić information content (AvgIpc) is 2.32. The lowest BCUT2D eigenvalue weighted by Gasteiger charge is -2.15. The summed E-state index contributed by atoms with van der Waals surface area (Å²) in [5.41, 5.74) is 6.00. The second-order valence-corrected chi connectivity index (χ2v) is 5.20. The van der Waals surface area contributed by atoms with E-state index in [1.165, 1.54) is 12.1 Å². The van der Waals surface area contributed by atoms with Gasteiger partial charge in [0.1, 0.15) is 5.75 Å². The van der Waals surface area contributed by atoms with E-state index in [0.717, 1.165) is 11.6 Å². The molecule has 0 saturated carbocycles. The highest BCUT2D eigenvalue weighted by atomic mass is 79.9. The summed E-state index contributed by atoms with van der Waals surface area (Å²) in [5, 5.41) is 0. The summed E-state index contributed by atoms with van der Waals surface area (Å²) >= 11 is 3.13. The maximum atomic E-state index is 12.9. The van der Waals surface area contributed by atoms with E-state index < -0.39 is 11.7 Å². The number of benzene rings is 2. The van der Waals surface area contributed by atoms with Crippen molar-refractivity contribution in [3.8, 4) is 11.5 Å². The summed E-state index contributed by atoms with van der Waals surface area (Å²) in [6.07, 6.45) is -4.49. The fourth-order valence-corrected chi connectivity index (χ4v) is 2.00. The molecular formula is C14H11BrF3NO. The summed E-state index contributed by atoms with van der Waals surface area (Å²) in [5.74, 6) is -0.0854. The molecule has 20 heavy (non-hydrogen) atoms. The lowest BCUT2D eigenvalue weighted by Crippen LogP contribution is -2.07. The van der Waals surface area contributed by atoms with Crippen molar-refractivity contribution in [2.75, 3.05) is 5.73 Å². The fourth-order valence-electron chi connectivity index (χ4n) is 1.66. The number of ether oxygens (including phenoxy) is 1. The second kappa shape index (κ2) is 5.36. The van der Waals surface area contributed by atoms with Crippen LogP contribution in [-0.2, 0) is 6.18 Å². The molecule has 0 saturated heterocycles. The molecule has 0 aromatic heterocycles. The number of anilines is 1. The van der Waals surface area contributed by atoms with Gasteiger partial charge in [0, 0.05) is 4.47 Å². The second-order valence-electron chi connectivity index (χ2n) is 4.28. The smallest absolute Gasteiger partial charge is 0.419 e. The Hall–Kier alpha value is -1.69. The van der Waals surface area contributed by atoms with E-state index in [4.69, 9.17) is 10.5 Å². The van der Waals surface area contributed by atoms with Crippen molar-refractivity contribution in [2.24, 2.45) is 0 Å². The summed E-state index contributed by atoms with van der Waals surface area (Å²) < 4.78 is 44.7. The van der Waals surface area contributed by atoms with E-state index in [1.807, 2.05) is 0 Å². The number of alkyl halides is 3. The Bertz CT molecular complexity index is 641. The first-order valence-electron chi connectivity index (χ1n) is 5.68. The minimum atomic E-state index is -4.49. The van der Waals surface area contributed by atoms with E-state index >= 15 is 0 Å². The van der Waals surface area contributed by atoms with Crippen LogP contribution in [0.2, 0.25) is 0 Å². The molecule has 2 rings (SSSR count).